The molecule has 66 valence electrons. The molecule has 5 heteroatoms. The predicted octanol–water partition coefficient (Wildman–Crippen LogP) is 2.09. The minimum atomic E-state index is -0.937. The third-order valence-electron chi connectivity index (χ3n) is 1.18. The van der Waals surface area contributed by atoms with E-state index in [1.165, 1.54) is 11.3 Å². The van der Waals surface area contributed by atoms with Crippen molar-refractivity contribution >= 4 is 29.1 Å². The van der Waals surface area contributed by atoms with Gasteiger partial charge < -0.3 is 5.11 Å². The molecule has 0 atom stereocenters. The van der Waals surface area contributed by atoms with Crippen molar-refractivity contribution < 1.29 is 9.90 Å². The van der Waals surface area contributed by atoms with Gasteiger partial charge in [0.2, 0.25) is 5.01 Å². The Hall–Kier alpha value is -0.550. The standard InChI is InChI=1S/C7H9NO2S2/c1-2-11-4-5-3-8-6(12-5)7(9)10/h3H,2,4H2,1H3,(H,9,10). The van der Waals surface area contributed by atoms with E-state index in [0.717, 1.165) is 16.4 Å². The summed E-state index contributed by atoms with van der Waals surface area (Å²) in [7, 11) is 0. The summed E-state index contributed by atoms with van der Waals surface area (Å²) in [5.41, 5.74) is 0. The van der Waals surface area contributed by atoms with Crippen LogP contribution in [-0.2, 0) is 5.75 Å². The zero-order valence-electron chi connectivity index (χ0n) is 6.61. The molecular weight excluding hydrogens is 194 g/mol. The fourth-order valence-electron chi connectivity index (χ4n) is 0.676. The zero-order chi connectivity index (χ0) is 8.97. The van der Waals surface area contributed by atoms with Gasteiger partial charge in [0.15, 0.2) is 0 Å². The molecule has 0 fully saturated rings. The quantitative estimate of drug-likeness (QED) is 0.814. The van der Waals surface area contributed by atoms with E-state index in [2.05, 4.69) is 11.9 Å². The molecule has 1 heterocycles. The van der Waals surface area contributed by atoms with Crippen LogP contribution in [0.25, 0.3) is 0 Å². The van der Waals surface area contributed by atoms with Gasteiger partial charge in [-0.25, -0.2) is 9.78 Å². The van der Waals surface area contributed by atoms with Crippen molar-refractivity contribution in [3.8, 4) is 0 Å². The molecule has 0 amide bonds. The minimum Gasteiger partial charge on any atom is -0.476 e. The number of carbonyl (C=O) groups is 1. The van der Waals surface area contributed by atoms with Crippen LogP contribution in [0.15, 0.2) is 6.20 Å². The lowest BCUT2D eigenvalue weighted by Gasteiger charge is -1.90. The van der Waals surface area contributed by atoms with Gasteiger partial charge in [0.1, 0.15) is 0 Å². The molecule has 0 aliphatic carbocycles. The van der Waals surface area contributed by atoms with Crippen molar-refractivity contribution in [2.75, 3.05) is 5.75 Å². The number of aromatic carboxylic acids is 1. The molecule has 0 bridgehead atoms. The normalized spacial score (nSPS) is 10.1. The number of rotatable bonds is 4. The van der Waals surface area contributed by atoms with Gasteiger partial charge >= 0.3 is 5.97 Å². The van der Waals surface area contributed by atoms with E-state index >= 15 is 0 Å². The summed E-state index contributed by atoms with van der Waals surface area (Å²) in [5, 5.41) is 8.75. The number of nitrogens with zero attached hydrogens (tertiary/aromatic N) is 1. The zero-order valence-corrected chi connectivity index (χ0v) is 8.24. The maximum Gasteiger partial charge on any atom is 0.365 e. The number of thioether (sulfide) groups is 1. The van der Waals surface area contributed by atoms with Crippen LogP contribution < -0.4 is 0 Å². The number of carboxylic acid groups (broad SMARTS) is 1. The topological polar surface area (TPSA) is 50.2 Å². The molecule has 0 spiro atoms. The highest BCUT2D eigenvalue weighted by Crippen LogP contribution is 2.18. The summed E-state index contributed by atoms with van der Waals surface area (Å²) >= 11 is 3.01. The molecule has 0 aromatic carbocycles. The monoisotopic (exact) mass is 203 g/mol. The lowest BCUT2D eigenvalue weighted by molar-refractivity contribution is 0.0696. The molecule has 0 radical (unpaired) electrons. The fraction of sp³-hybridized carbons (Fsp3) is 0.429. The number of hydrogen-bond acceptors (Lipinski definition) is 4. The van der Waals surface area contributed by atoms with Crippen LogP contribution >= 0.6 is 23.1 Å². The average molecular weight is 203 g/mol. The minimum absolute atomic E-state index is 0.182. The predicted molar refractivity (Wildman–Crippen MR) is 50.9 cm³/mol. The second kappa shape index (κ2) is 4.47. The molecule has 0 saturated carbocycles. The van der Waals surface area contributed by atoms with E-state index in [4.69, 9.17) is 5.11 Å². The summed E-state index contributed by atoms with van der Waals surface area (Å²) < 4.78 is 0. The van der Waals surface area contributed by atoms with Crippen molar-refractivity contribution in [2.45, 2.75) is 12.7 Å². The third kappa shape index (κ3) is 2.49. The van der Waals surface area contributed by atoms with Gasteiger partial charge in [0.25, 0.3) is 0 Å². The SMILES string of the molecule is CCSCc1cnc(C(=O)O)s1. The molecular formula is C7H9NO2S2. The molecule has 1 N–H and O–H groups in total. The summed E-state index contributed by atoms with van der Waals surface area (Å²) in [4.78, 5) is 15.2. The highest BCUT2D eigenvalue weighted by molar-refractivity contribution is 7.98. The number of hydrogen-bond donors (Lipinski definition) is 1. The van der Waals surface area contributed by atoms with Gasteiger partial charge in [-0.3, -0.25) is 0 Å². The lowest BCUT2D eigenvalue weighted by Crippen LogP contribution is -1.92. The second-order valence-corrected chi connectivity index (χ2v) is 4.46. The Kier molecular flexibility index (Phi) is 3.55. The van der Waals surface area contributed by atoms with Gasteiger partial charge in [-0.15, -0.1) is 11.3 Å². The molecule has 1 rings (SSSR count). The highest BCUT2D eigenvalue weighted by Gasteiger charge is 2.07. The van der Waals surface area contributed by atoms with Crippen molar-refractivity contribution in [2.24, 2.45) is 0 Å². The van der Waals surface area contributed by atoms with Gasteiger partial charge in [0.05, 0.1) is 0 Å². The molecule has 1 aromatic rings. The second-order valence-electron chi connectivity index (χ2n) is 2.07. The first-order valence-corrected chi connectivity index (χ1v) is 5.47. The van der Waals surface area contributed by atoms with Crippen LogP contribution in [0, 0.1) is 0 Å². The van der Waals surface area contributed by atoms with Crippen LogP contribution in [0.1, 0.15) is 21.6 Å². The van der Waals surface area contributed by atoms with Crippen LogP contribution in [0.2, 0.25) is 0 Å². The highest BCUT2D eigenvalue weighted by atomic mass is 32.2. The third-order valence-corrected chi connectivity index (χ3v) is 3.28. The van der Waals surface area contributed by atoms with Gasteiger partial charge in [0, 0.05) is 16.8 Å². The van der Waals surface area contributed by atoms with Crippen molar-refractivity contribution in [3.63, 3.8) is 0 Å². The lowest BCUT2D eigenvalue weighted by atomic mass is 10.6. The number of thiazole rings is 1. The maximum atomic E-state index is 10.4. The number of aromatic nitrogens is 1. The summed E-state index contributed by atoms with van der Waals surface area (Å²) in [6, 6.07) is 0. The van der Waals surface area contributed by atoms with Crippen molar-refractivity contribution in [1.82, 2.24) is 4.98 Å². The molecule has 0 unspecified atom stereocenters. The Bertz CT molecular complexity index is 272. The molecule has 3 nitrogen and oxygen atoms in total. The Morgan fingerprint density at radius 2 is 2.58 bits per heavy atom. The molecule has 0 aliphatic rings. The molecule has 12 heavy (non-hydrogen) atoms. The van der Waals surface area contributed by atoms with Crippen LogP contribution in [0.3, 0.4) is 0 Å². The average Bonchev–Trinajstić information content (AvgIpc) is 2.48. The van der Waals surface area contributed by atoms with Gasteiger partial charge in [-0.05, 0) is 5.75 Å². The van der Waals surface area contributed by atoms with E-state index in [9.17, 15) is 4.79 Å². The number of carboxylic acids is 1. The summed E-state index contributed by atoms with van der Waals surface area (Å²) in [5.74, 6) is 0.967. The Labute approximate surface area is 78.8 Å². The largest absolute Gasteiger partial charge is 0.476 e. The van der Waals surface area contributed by atoms with Gasteiger partial charge in [-0.1, -0.05) is 6.92 Å². The van der Waals surface area contributed by atoms with Crippen LogP contribution in [-0.4, -0.2) is 21.8 Å². The van der Waals surface area contributed by atoms with E-state index < -0.39 is 5.97 Å². The Morgan fingerprint density at radius 3 is 3.08 bits per heavy atom. The Morgan fingerprint density at radius 1 is 1.83 bits per heavy atom. The van der Waals surface area contributed by atoms with E-state index in [1.54, 1.807) is 18.0 Å². The van der Waals surface area contributed by atoms with E-state index in [0.29, 0.717) is 0 Å². The first kappa shape index (κ1) is 9.54. The van der Waals surface area contributed by atoms with Crippen LogP contribution in [0.5, 0.6) is 0 Å². The maximum absolute atomic E-state index is 10.4. The molecule has 0 saturated heterocycles. The van der Waals surface area contributed by atoms with Gasteiger partial charge in [-0.2, -0.15) is 11.8 Å². The summed E-state index contributed by atoms with van der Waals surface area (Å²) in [6.45, 7) is 2.07. The van der Waals surface area contributed by atoms with Crippen LogP contribution in [0.4, 0.5) is 0 Å². The molecule has 1 aromatic heterocycles. The van der Waals surface area contributed by atoms with E-state index in [-0.39, 0.29) is 5.01 Å². The van der Waals surface area contributed by atoms with E-state index in [1.807, 2.05) is 0 Å². The first-order valence-electron chi connectivity index (χ1n) is 3.49. The first-order chi connectivity index (χ1) is 5.74. The Balaban J connectivity index is 2.58. The summed E-state index contributed by atoms with van der Waals surface area (Å²) in [6.07, 6.45) is 1.64. The van der Waals surface area contributed by atoms with Crippen molar-refractivity contribution in [1.29, 1.82) is 0 Å². The smallest absolute Gasteiger partial charge is 0.365 e. The van der Waals surface area contributed by atoms with Crippen molar-refractivity contribution in [3.05, 3.63) is 16.1 Å². The fourth-order valence-corrected chi connectivity index (χ4v) is 2.19. The molecule has 0 aliphatic heterocycles.